The van der Waals surface area contributed by atoms with Crippen molar-refractivity contribution in [3.8, 4) is 11.3 Å². The highest BCUT2D eigenvalue weighted by atomic mass is 19.3. The quantitative estimate of drug-likeness (QED) is 0.365. The zero-order valence-corrected chi connectivity index (χ0v) is 20.3. The van der Waals surface area contributed by atoms with Crippen LogP contribution in [0.4, 0.5) is 29.3 Å². The monoisotopic (exact) mass is 513 g/mol. The first-order chi connectivity index (χ1) is 17.5. The Kier molecular flexibility index (Phi) is 6.04. The Morgan fingerprint density at radius 3 is 2.51 bits per heavy atom. The van der Waals surface area contributed by atoms with Crippen LogP contribution in [0.25, 0.3) is 22.3 Å². The van der Waals surface area contributed by atoms with E-state index in [1.54, 1.807) is 13.0 Å². The molecular formula is C25H23F4N7O. The molecule has 1 fully saturated rings. The lowest BCUT2D eigenvalue weighted by Crippen LogP contribution is -2.31. The number of alkyl halides is 2. The topological polar surface area (TPSA) is 88.8 Å². The van der Waals surface area contributed by atoms with Gasteiger partial charge in [-0.15, -0.1) is 0 Å². The molecule has 0 aliphatic carbocycles. The van der Waals surface area contributed by atoms with Crippen molar-refractivity contribution < 1.29 is 22.4 Å². The summed E-state index contributed by atoms with van der Waals surface area (Å²) in [5.41, 5.74) is 0.969. The molecule has 4 aromatic rings. The van der Waals surface area contributed by atoms with Gasteiger partial charge in [-0.2, -0.15) is 0 Å². The van der Waals surface area contributed by atoms with Gasteiger partial charge in [0.05, 0.1) is 23.8 Å². The molecular weight excluding hydrogens is 490 g/mol. The Morgan fingerprint density at radius 2 is 1.86 bits per heavy atom. The predicted octanol–water partition coefficient (Wildman–Crippen LogP) is 5.28. The number of nitrogens with zero attached hydrogens (tertiary/aromatic N) is 6. The maximum atomic E-state index is 14.9. The fraction of sp³-hybridized carbons (Fsp3) is 0.320. The van der Waals surface area contributed by atoms with Crippen LogP contribution in [0.2, 0.25) is 0 Å². The smallest absolute Gasteiger partial charge is 0.267 e. The number of fused-ring (bicyclic) bond motifs is 1. The summed E-state index contributed by atoms with van der Waals surface area (Å²) < 4.78 is 58.3. The highest BCUT2D eigenvalue weighted by Crippen LogP contribution is 2.31. The normalized spacial score (nSPS) is 15.1. The molecule has 5 rings (SSSR count). The van der Waals surface area contributed by atoms with Crippen LogP contribution in [0.5, 0.6) is 0 Å². The summed E-state index contributed by atoms with van der Waals surface area (Å²) in [6.45, 7) is 5.01. The van der Waals surface area contributed by atoms with Crippen molar-refractivity contribution >= 4 is 28.7 Å². The van der Waals surface area contributed by atoms with Gasteiger partial charge in [0, 0.05) is 30.8 Å². The van der Waals surface area contributed by atoms with E-state index in [9.17, 15) is 22.4 Å². The van der Waals surface area contributed by atoms with E-state index < -0.39 is 30.0 Å². The lowest BCUT2D eigenvalue weighted by atomic mass is 10.1. The van der Waals surface area contributed by atoms with Gasteiger partial charge < -0.3 is 14.8 Å². The van der Waals surface area contributed by atoms with Crippen molar-refractivity contribution in [2.75, 3.05) is 18.4 Å². The van der Waals surface area contributed by atoms with E-state index in [0.29, 0.717) is 11.3 Å². The van der Waals surface area contributed by atoms with Gasteiger partial charge in [0.2, 0.25) is 5.95 Å². The van der Waals surface area contributed by atoms with Crippen LogP contribution in [0.15, 0.2) is 36.7 Å². The number of likely N-dealkylation sites (tertiary alicyclic amines) is 1. The second kappa shape index (κ2) is 9.09. The minimum Gasteiger partial charge on any atom is -0.332 e. The first-order valence-electron chi connectivity index (χ1n) is 11.6. The average molecular weight is 513 g/mol. The van der Waals surface area contributed by atoms with Crippen LogP contribution in [-0.2, 0) is 0 Å². The largest absolute Gasteiger partial charge is 0.332 e. The fourth-order valence-electron chi connectivity index (χ4n) is 4.49. The molecule has 0 unspecified atom stereocenters. The van der Waals surface area contributed by atoms with E-state index in [4.69, 9.17) is 0 Å². The number of carbonyl (C=O) groups is 1. The molecule has 12 heteroatoms. The third-order valence-electron chi connectivity index (χ3n) is 6.17. The van der Waals surface area contributed by atoms with Crippen molar-refractivity contribution in [2.45, 2.75) is 39.2 Å². The molecule has 0 spiro atoms. The van der Waals surface area contributed by atoms with E-state index in [2.05, 4.69) is 25.3 Å². The minimum absolute atomic E-state index is 0.00351. The molecule has 3 aromatic heterocycles. The lowest BCUT2D eigenvalue weighted by molar-refractivity contribution is 0.0120. The summed E-state index contributed by atoms with van der Waals surface area (Å²) in [5, 5.41) is 2.82. The molecule has 1 aliphatic rings. The molecule has 1 aliphatic heterocycles. The van der Waals surface area contributed by atoms with Gasteiger partial charge in [0.1, 0.15) is 22.9 Å². The van der Waals surface area contributed by atoms with Gasteiger partial charge in [-0.05, 0) is 45.0 Å². The number of aryl methyl sites for hydroxylation is 1. The van der Waals surface area contributed by atoms with Crippen LogP contribution in [0.1, 0.15) is 42.5 Å². The molecule has 0 radical (unpaired) electrons. The van der Waals surface area contributed by atoms with Gasteiger partial charge in [-0.25, -0.2) is 37.5 Å². The molecule has 8 nitrogen and oxygen atoms in total. The van der Waals surface area contributed by atoms with Crippen LogP contribution in [0, 0.1) is 18.6 Å². The number of nitrogens with one attached hydrogen (secondary N) is 1. The highest BCUT2D eigenvalue weighted by molar-refractivity contribution is 5.94. The lowest BCUT2D eigenvalue weighted by Gasteiger charge is -2.16. The van der Waals surface area contributed by atoms with Crippen LogP contribution in [0.3, 0.4) is 0 Å². The van der Waals surface area contributed by atoms with Gasteiger partial charge in [-0.1, -0.05) is 0 Å². The number of hydrogen-bond acceptors (Lipinski definition) is 6. The molecule has 4 heterocycles. The van der Waals surface area contributed by atoms with E-state index in [1.807, 2.05) is 18.4 Å². The summed E-state index contributed by atoms with van der Waals surface area (Å²) in [6, 6.07) is 5.72. The number of amides is 1. The maximum absolute atomic E-state index is 14.9. The molecule has 1 amide bonds. The zero-order chi connectivity index (χ0) is 26.5. The number of rotatable bonds is 5. The van der Waals surface area contributed by atoms with Crippen molar-refractivity contribution in [1.82, 2.24) is 29.4 Å². The molecule has 1 N–H and O–H groups in total. The zero-order valence-electron chi connectivity index (χ0n) is 20.3. The number of benzene rings is 1. The second-order valence-electron chi connectivity index (χ2n) is 9.23. The Balaban J connectivity index is 1.40. The molecule has 37 heavy (non-hydrogen) atoms. The van der Waals surface area contributed by atoms with Crippen LogP contribution in [-0.4, -0.2) is 54.3 Å². The molecule has 1 saturated heterocycles. The van der Waals surface area contributed by atoms with Crippen LogP contribution >= 0.6 is 0 Å². The maximum Gasteiger partial charge on any atom is 0.267 e. The van der Waals surface area contributed by atoms with Crippen molar-refractivity contribution in [1.29, 1.82) is 0 Å². The summed E-state index contributed by atoms with van der Waals surface area (Å²) >= 11 is 0. The number of halogens is 4. The van der Waals surface area contributed by atoms with E-state index in [0.717, 1.165) is 11.1 Å². The highest BCUT2D eigenvalue weighted by Gasteiger charge is 2.40. The third kappa shape index (κ3) is 4.70. The van der Waals surface area contributed by atoms with Crippen LogP contribution < -0.4 is 5.32 Å². The Labute approximate surface area is 209 Å². The predicted molar refractivity (Wildman–Crippen MR) is 129 cm³/mol. The third-order valence-corrected chi connectivity index (χ3v) is 6.17. The van der Waals surface area contributed by atoms with Gasteiger partial charge in [-0.3, -0.25) is 4.79 Å². The second-order valence-corrected chi connectivity index (χ2v) is 9.23. The van der Waals surface area contributed by atoms with E-state index >= 15 is 0 Å². The molecule has 0 saturated carbocycles. The van der Waals surface area contributed by atoms with Crippen molar-refractivity contribution in [3.63, 3.8) is 0 Å². The number of carbonyl (C=O) groups excluding carboxylic acids is 1. The number of anilines is 2. The SMILES string of the molecule is Cc1nc2c(F)cc(-c3nc(Nc4ccc(C(=O)N5CCC(F)(F)C5)cn4)ncc3F)cc2n1C(C)C. The number of pyridine rings is 1. The van der Waals surface area contributed by atoms with Crippen molar-refractivity contribution in [2.24, 2.45) is 0 Å². The summed E-state index contributed by atoms with van der Waals surface area (Å²) in [7, 11) is 0. The first kappa shape index (κ1) is 24.6. The number of imidazole rings is 1. The minimum atomic E-state index is -2.89. The van der Waals surface area contributed by atoms with E-state index in [-0.39, 0.29) is 53.1 Å². The van der Waals surface area contributed by atoms with Gasteiger partial charge >= 0.3 is 0 Å². The first-order valence-corrected chi connectivity index (χ1v) is 11.6. The summed E-state index contributed by atoms with van der Waals surface area (Å²) in [4.78, 5) is 30.1. The summed E-state index contributed by atoms with van der Waals surface area (Å²) in [6.07, 6.45) is 1.85. The standard InChI is InChI=1S/C25H23F4N7O/c1-13(2)36-14(3)32-22-17(26)8-16(9-19(22)36)21-18(27)11-31-24(34-21)33-20-5-4-15(10-30-20)23(37)35-7-6-25(28,29)12-35/h4-5,8-11,13H,6-7,12H2,1-3H3,(H,30,31,33,34). The van der Waals surface area contributed by atoms with Gasteiger partial charge in [0.25, 0.3) is 11.8 Å². The fourth-order valence-corrected chi connectivity index (χ4v) is 4.49. The van der Waals surface area contributed by atoms with Crippen molar-refractivity contribution in [3.05, 3.63) is 59.7 Å². The Bertz CT molecular complexity index is 1500. The molecule has 1 aromatic carbocycles. The molecule has 192 valence electrons. The Hall–Kier alpha value is -4.09. The number of hydrogen-bond donors (Lipinski definition) is 1. The number of aromatic nitrogens is 5. The molecule has 0 bridgehead atoms. The molecule has 0 atom stereocenters. The average Bonchev–Trinajstić information content (AvgIpc) is 3.39. The summed E-state index contributed by atoms with van der Waals surface area (Å²) in [5.74, 6) is -3.88. The van der Waals surface area contributed by atoms with E-state index in [1.165, 1.54) is 24.4 Å². The van der Waals surface area contributed by atoms with Gasteiger partial charge in [0.15, 0.2) is 11.6 Å². The Morgan fingerprint density at radius 1 is 1.08 bits per heavy atom.